The Morgan fingerprint density at radius 2 is 1.67 bits per heavy atom. The Bertz CT molecular complexity index is 1320. The van der Waals surface area contributed by atoms with Crippen molar-refractivity contribution in [1.82, 2.24) is 24.9 Å². The van der Waals surface area contributed by atoms with Crippen molar-refractivity contribution >= 4 is 11.9 Å². The molecule has 2 aromatic carbocycles. The number of aliphatic hydroxyl groups is 1. The van der Waals surface area contributed by atoms with E-state index in [4.69, 9.17) is 0 Å². The lowest BCUT2D eigenvalue weighted by Crippen LogP contribution is -2.72. The molecule has 0 aliphatic carbocycles. The zero-order valence-corrected chi connectivity index (χ0v) is 24.8. The highest BCUT2D eigenvalue weighted by atomic mass is 19.4. The van der Waals surface area contributed by atoms with Crippen molar-refractivity contribution in [3.63, 3.8) is 0 Å². The maximum atomic E-state index is 14.6. The van der Waals surface area contributed by atoms with E-state index in [1.807, 2.05) is 19.0 Å². The van der Waals surface area contributed by atoms with E-state index in [-0.39, 0.29) is 38.0 Å². The number of hydrogen-bond acceptors (Lipinski definition) is 5. The third kappa shape index (κ3) is 8.44. The van der Waals surface area contributed by atoms with Crippen LogP contribution in [0.1, 0.15) is 47.9 Å². The number of nitrogens with zero attached hydrogens (tertiary/aromatic N) is 4. The van der Waals surface area contributed by atoms with Crippen LogP contribution in [0.4, 0.5) is 35.5 Å². The van der Waals surface area contributed by atoms with Crippen LogP contribution >= 0.6 is 0 Å². The average molecular weight is 648 g/mol. The SMILES string of the molecule is CN(C)CCCC[C@H]1C(O)N(Cc2ccccc2F)CC2N(C(=O)NCc3cc(C(F)(F)F)cc(C(F)(F)F)c3)CCC(=O)N21. The number of benzene rings is 2. The number of piperazine rings is 1. The molecule has 248 valence electrons. The van der Waals surface area contributed by atoms with Crippen molar-refractivity contribution in [3.8, 4) is 0 Å². The fraction of sp³-hybridized carbons (Fsp3) is 0.533. The standard InChI is InChI=1S/C30H36F7N5O3/c1-39(2)11-6-5-9-24-27(44)40(17-20-7-3-4-8-23(20)31)18-25-41(12-10-26(43)42(24)25)28(45)38-16-19-13-21(29(32,33)34)15-22(14-19)30(35,36)37/h3-4,7-8,13-15,24-25,27,44H,5-6,9-12,16-18H2,1-2H3,(H,38,45)/t24-,25?,27?/m0/s1. The Kier molecular flexibility index (Phi) is 10.6. The highest BCUT2D eigenvalue weighted by Gasteiger charge is 2.48. The van der Waals surface area contributed by atoms with Gasteiger partial charge in [-0.2, -0.15) is 26.3 Å². The minimum atomic E-state index is -5.04. The number of fused-ring (bicyclic) bond motifs is 1. The zero-order chi connectivity index (χ0) is 33.1. The molecule has 0 saturated carbocycles. The van der Waals surface area contributed by atoms with Crippen molar-refractivity contribution in [3.05, 3.63) is 70.5 Å². The molecule has 2 unspecified atom stereocenters. The van der Waals surface area contributed by atoms with E-state index in [0.717, 1.165) is 13.0 Å². The molecule has 2 aliphatic heterocycles. The monoisotopic (exact) mass is 647 g/mol. The van der Waals surface area contributed by atoms with E-state index >= 15 is 0 Å². The van der Waals surface area contributed by atoms with Crippen molar-refractivity contribution in [2.75, 3.05) is 33.7 Å². The summed E-state index contributed by atoms with van der Waals surface area (Å²) in [7, 11) is 3.82. The Labute approximate surface area is 256 Å². The summed E-state index contributed by atoms with van der Waals surface area (Å²) in [5, 5.41) is 13.8. The van der Waals surface area contributed by atoms with Crippen molar-refractivity contribution in [2.45, 2.75) is 69.6 Å². The van der Waals surface area contributed by atoms with Gasteiger partial charge in [-0.3, -0.25) is 9.69 Å². The number of carbonyl (C=O) groups excluding carboxylic acids is 2. The molecule has 4 rings (SSSR count). The number of nitrogens with one attached hydrogen (secondary N) is 1. The van der Waals surface area contributed by atoms with Gasteiger partial charge in [-0.1, -0.05) is 18.2 Å². The number of alkyl halides is 6. The minimum absolute atomic E-state index is 0.00954. The first-order chi connectivity index (χ1) is 21.1. The van der Waals surface area contributed by atoms with Gasteiger partial charge >= 0.3 is 18.4 Å². The van der Waals surface area contributed by atoms with Crippen molar-refractivity contribution in [1.29, 1.82) is 0 Å². The van der Waals surface area contributed by atoms with Crippen molar-refractivity contribution in [2.24, 2.45) is 0 Å². The molecule has 0 spiro atoms. The maximum absolute atomic E-state index is 14.6. The van der Waals surface area contributed by atoms with Gasteiger partial charge in [-0.05, 0) is 69.7 Å². The summed E-state index contributed by atoms with van der Waals surface area (Å²) in [6.07, 6.45) is -10.5. The van der Waals surface area contributed by atoms with E-state index in [1.165, 1.54) is 21.9 Å². The predicted octanol–water partition coefficient (Wildman–Crippen LogP) is 4.87. The Balaban J connectivity index is 1.58. The lowest BCUT2D eigenvalue weighted by atomic mass is 9.97. The molecular formula is C30H36F7N5O3. The van der Waals surface area contributed by atoms with Crippen LogP contribution in [0.5, 0.6) is 0 Å². The van der Waals surface area contributed by atoms with Crippen LogP contribution in [0.15, 0.2) is 42.5 Å². The number of hydrogen-bond donors (Lipinski definition) is 2. The van der Waals surface area contributed by atoms with Crippen LogP contribution < -0.4 is 5.32 Å². The predicted molar refractivity (Wildman–Crippen MR) is 150 cm³/mol. The number of rotatable bonds is 9. The van der Waals surface area contributed by atoms with Gasteiger partial charge in [-0.25, -0.2) is 9.18 Å². The molecule has 15 heteroatoms. The Hall–Kier alpha value is -3.43. The molecule has 3 amide bonds. The van der Waals surface area contributed by atoms with E-state index in [0.29, 0.717) is 30.5 Å². The largest absolute Gasteiger partial charge is 0.416 e. The van der Waals surface area contributed by atoms with Crippen LogP contribution in [0.25, 0.3) is 0 Å². The molecule has 0 radical (unpaired) electrons. The number of urea groups is 1. The average Bonchev–Trinajstić information content (AvgIpc) is 2.95. The molecule has 0 aromatic heterocycles. The number of amides is 3. The minimum Gasteiger partial charge on any atom is -0.376 e. The van der Waals surface area contributed by atoms with Gasteiger partial charge in [0.25, 0.3) is 0 Å². The molecule has 2 aromatic rings. The number of unbranched alkanes of at least 4 members (excludes halogenated alkanes) is 1. The van der Waals surface area contributed by atoms with Gasteiger partial charge in [0.05, 0.1) is 17.2 Å². The highest BCUT2D eigenvalue weighted by molar-refractivity contribution is 5.82. The summed E-state index contributed by atoms with van der Waals surface area (Å²) < 4.78 is 94.6. The normalized spacial score (nSPS) is 21.3. The summed E-state index contributed by atoms with van der Waals surface area (Å²) in [5.74, 6) is -0.803. The van der Waals surface area contributed by atoms with E-state index < -0.39 is 65.9 Å². The van der Waals surface area contributed by atoms with Gasteiger partial charge in [0, 0.05) is 38.2 Å². The third-order valence-electron chi connectivity index (χ3n) is 8.05. The van der Waals surface area contributed by atoms with Crippen LogP contribution in [-0.4, -0.2) is 88.8 Å². The molecular weight excluding hydrogens is 611 g/mol. The summed E-state index contributed by atoms with van der Waals surface area (Å²) in [5.41, 5.74) is -3.12. The molecule has 3 atom stereocenters. The van der Waals surface area contributed by atoms with Crippen LogP contribution in [-0.2, 0) is 30.2 Å². The lowest BCUT2D eigenvalue weighted by Gasteiger charge is -2.55. The molecule has 2 N–H and O–H groups in total. The van der Waals surface area contributed by atoms with E-state index in [2.05, 4.69) is 5.32 Å². The van der Waals surface area contributed by atoms with Gasteiger partial charge in [0.1, 0.15) is 18.2 Å². The number of carbonyl (C=O) groups is 2. The second-order valence-electron chi connectivity index (χ2n) is 11.6. The number of aliphatic hydroxyl groups excluding tert-OH is 1. The third-order valence-corrected chi connectivity index (χ3v) is 8.05. The zero-order valence-electron chi connectivity index (χ0n) is 24.8. The number of halogens is 7. The van der Waals surface area contributed by atoms with Crippen LogP contribution in [0.3, 0.4) is 0 Å². The Morgan fingerprint density at radius 3 is 2.27 bits per heavy atom. The summed E-state index contributed by atoms with van der Waals surface area (Å²) in [6, 6.07) is 5.53. The van der Waals surface area contributed by atoms with Gasteiger partial charge in [0.15, 0.2) is 0 Å². The van der Waals surface area contributed by atoms with E-state index in [9.17, 15) is 45.4 Å². The molecule has 2 aliphatic rings. The fourth-order valence-corrected chi connectivity index (χ4v) is 5.82. The van der Waals surface area contributed by atoms with Crippen LogP contribution in [0, 0.1) is 5.82 Å². The molecule has 2 fully saturated rings. The lowest BCUT2D eigenvalue weighted by molar-refractivity contribution is -0.181. The van der Waals surface area contributed by atoms with Gasteiger partial charge in [0.2, 0.25) is 5.91 Å². The summed E-state index contributed by atoms with van der Waals surface area (Å²) in [6.45, 7) is -0.0396. The highest BCUT2D eigenvalue weighted by Crippen LogP contribution is 2.37. The Morgan fingerprint density at radius 1 is 1.02 bits per heavy atom. The second-order valence-corrected chi connectivity index (χ2v) is 11.6. The molecule has 45 heavy (non-hydrogen) atoms. The first kappa shape index (κ1) is 34.4. The molecule has 2 heterocycles. The molecule has 8 nitrogen and oxygen atoms in total. The quantitative estimate of drug-likeness (QED) is 0.300. The van der Waals surface area contributed by atoms with E-state index in [1.54, 1.807) is 17.0 Å². The van der Waals surface area contributed by atoms with Gasteiger partial charge < -0.3 is 25.1 Å². The maximum Gasteiger partial charge on any atom is 0.416 e. The first-order valence-corrected chi connectivity index (χ1v) is 14.5. The smallest absolute Gasteiger partial charge is 0.376 e. The van der Waals surface area contributed by atoms with Crippen LogP contribution in [0.2, 0.25) is 0 Å². The first-order valence-electron chi connectivity index (χ1n) is 14.5. The summed E-state index contributed by atoms with van der Waals surface area (Å²) in [4.78, 5) is 32.9. The molecule has 0 bridgehead atoms. The topological polar surface area (TPSA) is 79.4 Å². The molecule has 2 saturated heterocycles. The summed E-state index contributed by atoms with van der Waals surface area (Å²) >= 11 is 0. The second kappa shape index (κ2) is 13.9. The fourth-order valence-electron chi connectivity index (χ4n) is 5.82. The van der Waals surface area contributed by atoms with Crippen molar-refractivity contribution < 1.29 is 45.4 Å². The van der Waals surface area contributed by atoms with Gasteiger partial charge in [-0.15, -0.1) is 0 Å².